The third-order valence-corrected chi connectivity index (χ3v) is 11.0. The van der Waals surface area contributed by atoms with Crippen LogP contribution >= 0.6 is 0 Å². The van der Waals surface area contributed by atoms with Gasteiger partial charge in [0.05, 0.1) is 12.7 Å². The molecule has 0 aliphatic carbocycles. The van der Waals surface area contributed by atoms with Gasteiger partial charge in [0.15, 0.2) is 0 Å². The molecule has 3 aliphatic rings. The quantitative estimate of drug-likeness (QED) is 0.153. The molecule has 0 radical (unpaired) electrons. The van der Waals surface area contributed by atoms with Crippen LogP contribution in [-0.2, 0) is 33.1 Å². The zero-order valence-corrected chi connectivity index (χ0v) is 29.9. The van der Waals surface area contributed by atoms with Crippen molar-refractivity contribution in [1.29, 1.82) is 0 Å². The van der Waals surface area contributed by atoms with E-state index < -0.39 is 17.6 Å². The van der Waals surface area contributed by atoms with Crippen LogP contribution in [0.25, 0.3) is 10.9 Å². The summed E-state index contributed by atoms with van der Waals surface area (Å²) in [6.07, 6.45) is 6.20. The number of hydrogen-bond acceptors (Lipinski definition) is 10. The molecule has 3 aliphatic heterocycles. The Bertz CT molecular complexity index is 1920. The first-order chi connectivity index (χ1) is 25.2. The molecule has 52 heavy (non-hydrogen) atoms. The van der Waals surface area contributed by atoms with Gasteiger partial charge in [0.2, 0.25) is 24.2 Å². The number of aromatic nitrogens is 2. The number of benzene rings is 3. The average molecular weight is 706 g/mol. The maximum Gasteiger partial charge on any atom is 0.249 e. The number of aliphatic hydroxyl groups is 1. The molecular weight excluding hydrogens is 658 g/mol. The summed E-state index contributed by atoms with van der Waals surface area (Å²) in [5.74, 6) is 0.622. The second-order valence-electron chi connectivity index (χ2n) is 14.4. The summed E-state index contributed by atoms with van der Waals surface area (Å²) < 4.78 is 5.49. The summed E-state index contributed by atoms with van der Waals surface area (Å²) >= 11 is 0. The SMILES string of the molecule is COc1cccc2cnc(NC3CCN(c4ccc(CN5CCC(O)(c6ccc(C)c(CN(C=O)C7CCC(=O)NC7=O)c6)CC5)cc4)CC3)nc12. The van der Waals surface area contributed by atoms with Crippen LogP contribution in [0.5, 0.6) is 5.75 Å². The number of amides is 3. The minimum atomic E-state index is -0.974. The van der Waals surface area contributed by atoms with Crippen molar-refractivity contribution in [3.63, 3.8) is 0 Å². The molecule has 4 aromatic rings. The standard InChI is InChI=1S/C40H47N7O5/c1-27-6-9-31(22-30(27)25-47(26-48)34-12-13-36(49)43-38(34)50)40(51)16-20-45(21-17-40)24-28-7-10-33(11-8-28)46-18-14-32(15-19-46)42-39-41-23-29-4-3-5-35(52-2)37(29)44-39/h3-11,22-23,26,32,34,51H,12-21,24-25H2,1-2H3,(H,41,42,44)(H,43,49,50). The van der Waals surface area contributed by atoms with Crippen molar-refractivity contribution in [2.75, 3.05) is 43.5 Å². The van der Waals surface area contributed by atoms with Gasteiger partial charge in [0.1, 0.15) is 17.3 Å². The minimum absolute atomic E-state index is 0.207. The Morgan fingerprint density at radius 3 is 2.52 bits per heavy atom. The first kappa shape index (κ1) is 35.3. The Labute approximate surface area is 304 Å². The molecule has 3 aromatic carbocycles. The third-order valence-electron chi connectivity index (χ3n) is 11.0. The molecule has 0 saturated carbocycles. The van der Waals surface area contributed by atoms with E-state index in [1.165, 1.54) is 16.2 Å². The highest BCUT2D eigenvalue weighted by molar-refractivity contribution is 6.00. The molecule has 12 nitrogen and oxygen atoms in total. The van der Waals surface area contributed by atoms with E-state index in [0.29, 0.717) is 37.7 Å². The van der Waals surface area contributed by atoms with Crippen molar-refractivity contribution >= 4 is 40.8 Å². The van der Waals surface area contributed by atoms with Gasteiger partial charge in [-0.15, -0.1) is 0 Å². The topological polar surface area (TPSA) is 140 Å². The van der Waals surface area contributed by atoms with Crippen molar-refractivity contribution in [3.8, 4) is 5.75 Å². The van der Waals surface area contributed by atoms with E-state index in [2.05, 4.69) is 49.7 Å². The number of anilines is 2. The molecular formula is C40H47N7O5. The monoisotopic (exact) mass is 705 g/mol. The fraction of sp³-hybridized carbons (Fsp3) is 0.425. The fourth-order valence-corrected chi connectivity index (χ4v) is 7.71. The van der Waals surface area contributed by atoms with Crippen LogP contribution in [0.4, 0.5) is 11.6 Å². The van der Waals surface area contributed by atoms with E-state index in [4.69, 9.17) is 9.72 Å². The van der Waals surface area contributed by atoms with E-state index in [-0.39, 0.29) is 18.9 Å². The highest BCUT2D eigenvalue weighted by Crippen LogP contribution is 2.35. The van der Waals surface area contributed by atoms with E-state index in [1.54, 1.807) is 7.11 Å². The van der Waals surface area contributed by atoms with Gasteiger partial charge in [-0.05, 0) is 79.5 Å². The second kappa shape index (κ2) is 15.3. The number of rotatable bonds is 11. The lowest BCUT2D eigenvalue weighted by Crippen LogP contribution is -2.51. The lowest BCUT2D eigenvalue weighted by atomic mass is 9.83. The van der Waals surface area contributed by atoms with E-state index in [1.807, 2.05) is 49.5 Å². The van der Waals surface area contributed by atoms with E-state index in [9.17, 15) is 19.5 Å². The van der Waals surface area contributed by atoms with Crippen LogP contribution in [0.15, 0.2) is 66.9 Å². The molecule has 12 heteroatoms. The molecule has 3 N–H and O–H groups in total. The van der Waals surface area contributed by atoms with Gasteiger partial charge in [0, 0.05) is 69.0 Å². The Balaban J connectivity index is 0.898. The van der Waals surface area contributed by atoms with E-state index >= 15 is 0 Å². The molecule has 1 unspecified atom stereocenters. The van der Waals surface area contributed by atoms with Crippen LogP contribution in [0.1, 0.15) is 60.8 Å². The number of nitrogens with zero attached hydrogens (tertiary/aromatic N) is 5. The second-order valence-corrected chi connectivity index (χ2v) is 14.4. The normalized spacial score (nSPS) is 19.7. The summed E-state index contributed by atoms with van der Waals surface area (Å²) in [6, 6.07) is 20.2. The van der Waals surface area contributed by atoms with E-state index in [0.717, 1.165) is 78.9 Å². The van der Waals surface area contributed by atoms with Gasteiger partial charge in [0.25, 0.3) is 0 Å². The minimum Gasteiger partial charge on any atom is -0.494 e. The maximum atomic E-state index is 12.4. The number of fused-ring (bicyclic) bond motifs is 1. The number of likely N-dealkylation sites (tertiary alicyclic amines) is 1. The smallest absolute Gasteiger partial charge is 0.249 e. The van der Waals surface area contributed by atoms with Crippen molar-refractivity contribution < 1.29 is 24.2 Å². The molecule has 0 bridgehead atoms. The number of hydrogen-bond donors (Lipinski definition) is 3. The number of carbonyl (C=O) groups excluding carboxylic acids is 3. The van der Waals surface area contributed by atoms with Crippen LogP contribution in [-0.4, -0.2) is 88.5 Å². The number of para-hydroxylation sites is 1. The van der Waals surface area contributed by atoms with Crippen molar-refractivity contribution in [2.45, 2.75) is 76.2 Å². The van der Waals surface area contributed by atoms with Gasteiger partial charge < -0.3 is 25.0 Å². The molecule has 3 fully saturated rings. The zero-order valence-electron chi connectivity index (χ0n) is 29.9. The number of ether oxygens (including phenoxy) is 1. The number of aryl methyl sites for hydroxylation is 1. The largest absolute Gasteiger partial charge is 0.494 e. The highest BCUT2D eigenvalue weighted by Gasteiger charge is 2.35. The Hall–Kier alpha value is -5.07. The zero-order chi connectivity index (χ0) is 36.2. The predicted molar refractivity (Wildman–Crippen MR) is 199 cm³/mol. The van der Waals surface area contributed by atoms with Gasteiger partial charge in [-0.3, -0.25) is 24.6 Å². The number of methoxy groups -OCH3 is 1. The van der Waals surface area contributed by atoms with Crippen LogP contribution in [0, 0.1) is 6.92 Å². The molecule has 272 valence electrons. The molecule has 3 amide bonds. The fourth-order valence-electron chi connectivity index (χ4n) is 7.71. The number of nitrogens with one attached hydrogen (secondary N) is 2. The van der Waals surface area contributed by atoms with Gasteiger partial charge in [-0.25, -0.2) is 9.97 Å². The van der Waals surface area contributed by atoms with Crippen LogP contribution < -0.4 is 20.3 Å². The number of imide groups is 1. The molecule has 1 aromatic heterocycles. The molecule has 7 rings (SSSR count). The third kappa shape index (κ3) is 7.73. The Kier molecular flexibility index (Phi) is 10.4. The Morgan fingerprint density at radius 2 is 1.81 bits per heavy atom. The molecule has 0 spiro atoms. The van der Waals surface area contributed by atoms with Crippen molar-refractivity contribution in [3.05, 3.63) is 89.1 Å². The van der Waals surface area contributed by atoms with Gasteiger partial charge >= 0.3 is 0 Å². The summed E-state index contributed by atoms with van der Waals surface area (Å²) in [6.45, 7) is 6.42. The van der Waals surface area contributed by atoms with Crippen molar-refractivity contribution in [1.82, 2.24) is 25.1 Å². The summed E-state index contributed by atoms with van der Waals surface area (Å²) in [5.41, 5.74) is 5.00. The van der Waals surface area contributed by atoms with Crippen molar-refractivity contribution in [2.24, 2.45) is 0 Å². The first-order valence-corrected chi connectivity index (χ1v) is 18.2. The predicted octanol–water partition coefficient (Wildman–Crippen LogP) is 4.27. The summed E-state index contributed by atoms with van der Waals surface area (Å²) in [7, 11) is 1.66. The average Bonchev–Trinajstić information content (AvgIpc) is 3.16. The number of carbonyl (C=O) groups is 3. The summed E-state index contributed by atoms with van der Waals surface area (Å²) in [5, 5.41) is 18.6. The number of piperidine rings is 3. The molecule has 3 saturated heterocycles. The molecule has 1 atom stereocenters. The van der Waals surface area contributed by atoms with Gasteiger partial charge in [-0.1, -0.05) is 42.5 Å². The molecule has 4 heterocycles. The lowest BCUT2D eigenvalue weighted by molar-refractivity contribution is -0.141. The maximum absolute atomic E-state index is 12.4. The van der Waals surface area contributed by atoms with Crippen LogP contribution in [0.2, 0.25) is 0 Å². The first-order valence-electron chi connectivity index (χ1n) is 18.2. The Morgan fingerprint density at radius 1 is 1.04 bits per heavy atom. The summed E-state index contributed by atoms with van der Waals surface area (Å²) in [4.78, 5) is 51.5. The lowest BCUT2D eigenvalue weighted by Gasteiger charge is -2.39. The van der Waals surface area contributed by atoms with Crippen LogP contribution in [0.3, 0.4) is 0 Å². The van der Waals surface area contributed by atoms with Gasteiger partial charge in [-0.2, -0.15) is 0 Å². The highest BCUT2D eigenvalue weighted by atomic mass is 16.5.